The number of carbonyl (C=O) groups excluding carboxylic acids is 2. The second-order valence-corrected chi connectivity index (χ2v) is 7.22. The normalized spacial score (nSPS) is 20.4. The zero-order chi connectivity index (χ0) is 20.3. The molecule has 1 saturated carbocycles. The molecule has 1 aromatic carbocycles. The van der Waals surface area contributed by atoms with E-state index in [1.807, 2.05) is 0 Å². The van der Waals surface area contributed by atoms with Crippen molar-refractivity contribution in [3.05, 3.63) is 58.8 Å². The molecule has 7 heteroatoms. The Morgan fingerprint density at radius 1 is 1.18 bits per heavy atom. The van der Waals surface area contributed by atoms with Crippen molar-refractivity contribution in [3.8, 4) is 0 Å². The van der Waals surface area contributed by atoms with Gasteiger partial charge in [-0.1, -0.05) is 19.1 Å². The molecule has 3 rings (SSSR count). The van der Waals surface area contributed by atoms with E-state index >= 15 is 0 Å². The number of benzene rings is 1. The van der Waals surface area contributed by atoms with E-state index in [2.05, 4.69) is 10.6 Å². The van der Waals surface area contributed by atoms with Crippen molar-refractivity contribution in [2.45, 2.75) is 50.7 Å². The first kappa shape index (κ1) is 20.1. The molecule has 0 aliphatic heterocycles. The molecule has 1 heterocycles. The Bertz CT molecular complexity index is 856. The van der Waals surface area contributed by atoms with E-state index in [4.69, 9.17) is 4.42 Å². The maximum atomic E-state index is 13.6. The van der Waals surface area contributed by atoms with Gasteiger partial charge in [-0.05, 0) is 43.4 Å². The summed E-state index contributed by atoms with van der Waals surface area (Å²) in [6.07, 6.45) is 2.37. The summed E-state index contributed by atoms with van der Waals surface area (Å²) in [4.78, 5) is 24.9. The van der Waals surface area contributed by atoms with Crippen LogP contribution in [0.2, 0.25) is 0 Å². The number of nitrogens with one attached hydrogen (secondary N) is 2. The number of furan rings is 1. The maximum absolute atomic E-state index is 13.6. The van der Waals surface area contributed by atoms with Crippen molar-refractivity contribution < 1.29 is 23.5 Å². The fraction of sp³-hybridized carbons (Fsp3) is 0.429. The van der Waals surface area contributed by atoms with Crippen LogP contribution in [0.1, 0.15) is 70.8 Å². The van der Waals surface area contributed by atoms with E-state index in [1.165, 1.54) is 25.2 Å². The number of aliphatic hydroxyl groups is 1. The summed E-state index contributed by atoms with van der Waals surface area (Å²) in [6.45, 7) is 1.80. The summed E-state index contributed by atoms with van der Waals surface area (Å²) in [7, 11) is 1.48. The van der Waals surface area contributed by atoms with Crippen molar-refractivity contribution in [3.63, 3.8) is 0 Å². The minimum atomic E-state index is -0.437. The van der Waals surface area contributed by atoms with Gasteiger partial charge < -0.3 is 20.2 Å². The first-order chi connectivity index (χ1) is 13.4. The number of rotatable bonds is 5. The van der Waals surface area contributed by atoms with E-state index in [1.54, 1.807) is 19.1 Å². The van der Waals surface area contributed by atoms with Crippen LogP contribution in [-0.2, 0) is 0 Å². The molecule has 1 fully saturated rings. The fourth-order valence-corrected chi connectivity index (χ4v) is 3.55. The van der Waals surface area contributed by atoms with Crippen molar-refractivity contribution in [1.29, 1.82) is 0 Å². The topological polar surface area (TPSA) is 91.6 Å². The standard InChI is InChI=1S/C21H25FN2O4/c1-12(13-4-3-5-14(22)10-13)19-17(11-18(28-19)21(27)23-2)20(26)24-15-6-8-16(25)9-7-15/h3-5,10-12,15-16,25H,6-9H2,1-2H3,(H,23,27)(H,24,26)/t12-,15-,16-/m0/s1. The van der Waals surface area contributed by atoms with Crippen LogP contribution in [0.15, 0.2) is 34.7 Å². The van der Waals surface area contributed by atoms with Gasteiger partial charge in [0.1, 0.15) is 11.6 Å². The Balaban J connectivity index is 1.89. The lowest BCUT2D eigenvalue weighted by molar-refractivity contribution is 0.0864. The van der Waals surface area contributed by atoms with Crippen molar-refractivity contribution in [1.82, 2.24) is 10.6 Å². The minimum Gasteiger partial charge on any atom is -0.454 e. The monoisotopic (exact) mass is 388 g/mol. The lowest BCUT2D eigenvalue weighted by Crippen LogP contribution is -2.38. The molecule has 2 amide bonds. The largest absolute Gasteiger partial charge is 0.454 e. The molecule has 28 heavy (non-hydrogen) atoms. The highest BCUT2D eigenvalue weighted by molar-refractivity contribution is 5.99. The SMILES string of the molecule is CNC(=O)c1cc(C(=O)N[C@H]2CC[C@H](O)CC2)c([C@@H](C)c2cccc(F)c2)o1. The summed E-state index contributed by atoms with van der Waals surface area (Å²) in [5.74, 6) is -1.22. The highest BCUT2D eigenvalue weighted by Crippen LogP contribution is 2.30. The van der Waals surface area contributed by atoms with Gasteiger partial charge in [0.25, 0.3) is 11.8 Å². The molecule has 0 saturated heterocycles. The van der Waals surface area contributed by atoms with Gasteiger partial charge in [-0.3, -0.25) is 9.59 Å². The van der Waals surface area contributed by atoms with Crippen LogP contribution in [0.25, 0.3) is 0 Å². The van der Waals surface area contributed by atoms with Gasteiger partial charge in [0.05, 0.1) is 11.7 Å². The third-order valence-electron chi connectivity index (χ3n) is 5.23. The van der Waals surface area contributed by atoms with Crippen molar-refractivity contribution >= 4 is 11.8 Å². The van der Waals surface area contributed by atoms with E-state index in [9.17, 15) is 19.1 Å². The molecule has 1 aliphatic carbocycles. The molecule has 6 nitrogen and oxygen atoms in total. The van der Waals surface area contributed by atoms with Gasteiger partial charge >= 0.3 is 0 Å². The van der Waals surface area contributed by atoms with Gasteiger partial charge in [-0.2, -0.15) is 0 Å². The van der Waals surface area contributed by atoms with Crippen molar-refractivity contribution in [2.24, 2.45) is 0 Å². The second-order valence-electron chi connectivity index (χ2n) is 7.22. The zero-order valence-corrected chi connectivity index (χ0v) is 16.0. The lowest BCUT2D eigenvalue weighted by Gasteiger charge is -2.26. The smallest absolute Gasteiger partial charge is 0.286 e. The summed E-state index contributed by atoms with van der Waals surface area (Å²) >= 11 is 0. The molecule has 1 atom stereocenters. The Kier molecular flexibility index (Phi) is 6.14. The van der Waals surface area contributed by atoms with Gasteiger partial charge in [0.15, 0.2) is 5.76 Å². The molecule has 150 valence electrons. The molecule has 1 aliphatic rings. The summed E-state index contributed by atoms with van der Waals surface area (Å²) < 4.78 is 19.4. The number of carbonyl (C=O) groups is 2. The maximum Gasteiger partial charge on any atom is 0.286 e. The molecular formula is C21H25FN2O4. The first-order valence-corrected chi connectivity index (χ1v) is 9.49. The average molecular weight is 388 g/mol. The van der Waals surface area contributed by atoms with Crippen LogP contribution in [0, 0.1) is 5.82 Å². The zero-order valence-electron chi connectivity index (χ0n) is 16.0. The Labute approximate surface area is 163 Å². The highest BCUT2D eigenvalue weighted by atomic mass is 19.1. The Morgan fingerprint density at radius 3 is 2.54 bits per heavy atom. The molecule has 3 N–H and O–H groups in total. The number of hydrogen-bond acceptors (Lipinski definition) is 4. The summed E-state index contributed by atoms with van der Waals surface area (Å²) in [6, 6.07) is 7.47. The van der Waals surface area contributed by atoms with Crippen LogP contribution in [0.5, 0.6) is 0 Å². The van der Waals surface area contributed by atoms with Crippen LogP contribution >= 0.6 is 0 Å². The van der Waals surface area contributed by atoms with Crippen molar-refractivity contribution in [2.75, 3.05) is 7.05 Å². The minimum absolute atomic E-state index is 0.0324. The molecule has 0 bridgehead atoms. The highest BCUT2D eigenvalue weighted by Gasteiger charge is 2.28. The van der Waals surface area contributed by atoms with E-state index < -0.39 is 11.8 Å². The van der Waals surface area contributed by atoms with Gasteiger partial charge in [0.2, 0.25) is 0 Å². The van der Waals surface area contributed by atoms with Crippen LogP contribution in [-0.4, -0.2) is 36.1 Å². The van der Waals surface area contributed by atoms with E-state index in [0.29, 0.717) is 37.0 Å². The quantitative estimate of drug-likeness (QED) is 0.734. The van der Waals surface area contributed by atoms with Gasteiger partial charge in [-0.25, -0.2) is 4.39 Å². The fourth-order valence-electron chi connectivity index (χ4n) is 3.55. The Hall–Kier alpha value is -2.67. The van der Waals surface area contributed by atoms with Gasteiger partial charge in [-0.15, -0.1) is 0 Å². The van der Waals surface area contributed by atoms with Crippen LogP contribution in [0.3, 0.4) is 0 Å². The summed E-state index contributed by atoms with van der Waals surface area (Å²) in [5.41, 5.74) is 0.911. The van der Waals surface area contributed by atoms with Gasteiger partial charge in [0, 0.05) is 25.1 Å². The molecule has 0 radical (unpaired) electrons. The number of halogens is 1. The van der Waals surface area contributed by atoms with Crippen LogP contribution < -0.4 is 10.6 Å². The van der Waals surface area contributed by atoms with E-state index in [-0.39, 0.29) is 35.2 Å². The predicted octanol–water partition coefficient (Wildman–Crippen LogP) is 2.96. The second kappa shape index (κ2) is 8.56. The third-order valence-corrected chi connectivity index (χ3v) is 5.23. The third kappa shape index (κ3) is 4.42. The molecule has 0 spiro atoms. The molecule has 0 unspecified atom stereocenters. The molecule has 2 aromatic rings. The predicted molar refractivity (Wildman–Crippen MR) is 102 cm³/mol. The van der Waals surface area contributed by atoms with E-state index in [0.717, 1.165) is 0 Å². The number of amides is 2. The van der Waals surface area contributed by atoms with Crippen LogP contribution in [0.4, 0.5) is 4.39 Å². The molecule has 1 aromatic heterocycles. The molecular weight excluding hydrogens is 363 g/mol. The Morgan fingerprint density at radius 2 is 1.89 bits per heavy atom. The lowest BCUT2D eigenvalue weighted by atomic mass is 9.92. The summed E-state index contributed by atoms with van der Waals surface area (Å²) in [5, 5.41) is 15.1. The number of hydrogen-bond donors (Lipinski definition) is 3. The average Bonchev–Trinajstić information content (AvgIpc) is 3.14. The first-order valence-electron chi connectivity index (χ1n) is 9.49. The number of aliphatic hydroxyl groups excluding tert-OH is 1.